The van der Waals surface area contributed by atoms with Gasteiger partial charge in [-0.15, -0.1) is 0 Å². The Morgan fingerprint density at radius 2 is 1.87 bits per heavy atom. The van der Waals surface area contributed by atoms with Crippen LogP contribution in [0.3, 0.4) is 0 Å². The number of carbonyl (C=O) groups excluding carboxylic acids is 1. The average molecular weight is 444 g/mol. The molecule has 0 aromatic heterocycles. The number of β-amino-alcohol motifs (C(OH)–C–C–N with tert-alkyl or cyclic N) is 1. The van der Waals surface area contributed by atoms with Gasteiger partial charge in [-0.2, -0.15) is 0 Å². The average Bonchev–Trinajstić information content (AvgIpc) is 2.93. The standard InChI is InChI=1S/C24H33N3O4/c1-18-7-6-8-19(2)24(18)25-23(29)16-27-13-11-26(12-14-27)15-20(28)17-31-22-10-5-4-9-21(22)30-3/h4-10,20,28H,11-17H2,1-3H3,(H,25,29)/i1D3,2D3,3D3,6D,7D,8D,15D2,16D2. The van der Waals surface area contributed by atoms with Gasteiger partial charge in [0.2, 0.25) is 5.91 Å². The number of hydrogen-bond donors (Lipinski definition) is 2. The summed E-state index contributed by atoms with van der Waals surface area (Å²) in [6.07, 6.45) is -1.79. The van der Waals surface area contributed by atoms with Crippen LogP contribution < -0.4 is 14.8 Å². The van der Waals surface area contributed by atoms with Crippen molar-refractivity contribution in [2.75, 3.05) is 58.1 Å². The molecule has 1 heterocycles. The molecule has 3 rings (SSSR count). The van der Waals surface area contributed by atoms with Crippen molar-refractivity contribution in [3.8, 4) is 11.5 Å². The van der Waals surface area contributed by atoms with Gasteiger partial charge in [0.1, 0.15) is 12.7 Å². The van der Waals surface area contributed by atoms with Crippen LogP contribution in [0.25, 0.3) is 0 Å². The number of nitrogens with zero attached hydrogens (tertiary/aromatic N) is 2. The molecule has 0 spiro atoms. The number of methoxy groups -OCH3 is 1. The number of carbonyl (C=O) groups is 1. The first kappa shape index (κ1) is 9.90. The first-order valence-corrected chi connectivity index (χ1v) is 9.35. The number of rotatable bonds is 9. The van der Waals surface area contributed by atoms with Crippen molar-refractivity contribution in [3.63, 3.8) is 0 Å². The summed E-state index contributed by atoms with van der Waals surface area (Å²) in [4.78, 5) is 15.4. The highest BCUT2D eigenvalue weighted by atomic mass is 16.5. The van der Waals surface area contributed by atoms with E-state index in [0.717, 1.165) is 4.90 Å². The highest BCUT2D eigenvalue weighted by Crippen LogP contribution is 2.25. The molecule has 2 aromatic rings. The highest BCUT2D eigenvalue weighted by molar-refractivity contribution is 5.93. The SMILES string of the molecule is [2H]c1c([2H])c(C([2H])([2H])[2H])c(NC(=O)C([2H])([2H])N2CCN(C([2H])([2H])C(O)COc3ccccc3OC([2H])([2H])[2H])CC2)c(C([2H])([2H])[2H])c1[2H]. The minimum atomic E-state index is -3.22. The molecule has 0 bridgehead atoms. The zero-order valence-corrected chi connectivity index (χ0v) is 16.5. The van der Waals surface area contributed by atoms with Gasteiger partial charge in [-0.3, -0.25) is 14.6 Å². The smallest absolute Gasteiger partial charge is 0.238 e. The predicted octanol–water partition coefficient (Wildman–Crippen LogP) is 2.31. The Balaban J connectivity index is 1.76. The molecule has 7 heteroatoms. The van der Waals surface area contributed by atoms with Crippen LogP contribution in [0.5, 0.6) is 11.5 Å². The van der Waals surface area contributed by atoms with Gasteiger partial charge in [0.15, 0.2) is 11.5 Å². The Bertz CT molecular complexity index is 1410. The summed E-state index contributed by atoms with van der Waals surface area (Å²) >= 11 is 0. The molecular weight excluding hydrogens is 394 g/mol. The number of piperazine rings is 1. The maximum atomic E-state index is 13.3. The number of benzene rings is 2. The van der Waals surface area contributed by atoms with Crippen molar-refractivity contribution in [3.05, 3.63) is 53.5 Å². The first-order chi connectivity index (χ1) is 21.3. The van der Waals surface area contributed by atoms with E-state index in [4.69, 9.17) is 31.4 Å². The Labute approximate surface area is 207 Å². The molecule has 1 atom stereocenters. The minimum absolute atomic E-state index is 0.0572. The van der Waals surface area contributed by atoms with E-state index in [1.807, 2.05) is 5.32 Å². The van der Waals surface area contributed by atoms with Gasteiger partial charge in [-0.25, -0.2) is 0 Å². The molecule has 7 nitrogen and oxygen atoms in total. The van der Waals surface area contributed by atoms with Gasteiger partial charge in [-0.05, 0) is 37.0 Å². The molecule has 168 valence electrons. The normalized spacial score (nSPS) is 25.7. The van der Waals surface area contributed by atoms with E-state index in [1.165, 1.54) is 29.2 Å². The van der Waals surface area contributed by atoms with E-state index in [2.05, 4.69) is 0 Å². The van der Waals surface area contributed by atoms with Crippen LogP contribution >= 0.6 is 0 Å². The fourth-order valence-corrected chi connectivity index (χ4v) is 2.83. The van der Waals surface area contributed by atoms with Crippen LogP contribution in [-0.2, 0) is 4.79 Å². The van der Waals surface area contributed by atoms with Gasteiger partial charge in [0, 0.05) is 49.3 Å². The predicted molar refractivity (Wildman–Crippen MR) is 122 cm³/mol. The Morgan fingerprint density at radius 1 is 1.19 bits per heavy atom. The largest absolute Gasteiger partial charge is 0.493 e. The number of amides is 1. The lowest BCUT2D eigenvalue weighted by atomic mass is 10.1. The van der Waals surface area contributed by atoms with E-state index in [0.29, 0.717) is 0 Å². The molecule has 1 unspecified atom stereocenters. The fraction of sp³-hybridized carbons (Fsp3) is 0.458. The van der Waals surface area contributed by atoms with Crippen LogP contribution in [0.4, 0.5) is 5.69 Å². The second-order valence-electron chi connectivity index (χ2n) is 6.54. The van der Waals surface area contributed by atoms with Crippen molar-refractivity contribution in [2.24, 2.45) is 0 Å². The Kier molecular flexibility index (Phi) is 3.55. The summed E-state index contributed by atoms with van der Waals surface area (Å²) in [7, 11) is -2.79. The maximum absolute atomic E-state index is 13.3. The van der Waals surface area contributed by atoms with Gasteiger partial charge in [0.05, 0.1) is 24.5 Å². The van der Waals surface area contributed by atoms with Crippen LogP contribution in [0.15, 0.2) is 42.4 Å². The van der Waals surface area contributed by atoms with Gasteiger partial charge in [-0.1, -0.05) is 30.3 Å². The number of aliphatic hydroxyl groups excluding tert-OH is 1. The molecule has 1 aliphatic rings. The zero-order valence-electron chi connectivity index (χ0n) is 32.5. The molecule has 1 amide bonds. The lowest BCUT2D eigenvalue weighted by molar-refractivity contribution is -0.117. The summed E-state index contributed by atoms with van der Waals surface area (Å²) in [5.74, 6) is -1.73. The number of nitrogens with one attached hydrogen (secondary N) is 1. The van der Waals surface area contributed by atoms with Crippen LogP contribution in [0, 0.1) is 13.7 Å². The molecule has 2 aromatic carbocycles. The molecule has 2 N–H and O–H groups in total. The molecular formula is C24H33N3O4. The molecule has 31 heavy (non-hydrogen) atoms. The molecule has 1 fully saturated rings. The van der Waals surface area contributed by atoms with Crippen molar-refractivity contribution in [1.29, 1.82) is 0 Å². The van der Waals surface area contributed by atoms with Gasteiger partial charge < -0.3 is 19.9 Å². The van der Waals surface area contributed by atoms with Gasteiger partial charge in [0.25, 0.3) is 0 Å². The van der Waals surface area contributed by atoms with Crippen molar-refractivity contribution < 1.29 is 41.3 Å². The van der Waals surface area contributed by atoms with E-state index in [9.17, 15) is 9.90 Å². The highest BCUT2D eigenvalue weighted by Gasteiger charge is 2.21. The Morgan fingerprint density at radius 3 is 2.55 bits per heavy atom. The summed E-state index contributed by atoms with van der Waals surface area (Å²) in [6, 6.07) is 2.66. The number of para-hydroxylation sites is 3. The summed E-state index contributed by atoms with van der Waals surface area (Å²) < 4.78 is 137. The Hall–Kier alpha value is -2.61. The number of aliphatic hydroxyl groups is 1. The third-order valence-electron chi connectivity index (χ3n) is 4.34. The second kappa shape index (κ2) is 11.1. The molecule has 0 saturated carbocycles. The fourth-order valence-electron chi connectivity index (χ4n) is 2.83. The molecule has 0 radical (unpaired) electrons. The van der Waals surface area contributed by atoms with Crippen molar-refractivity contribution in [1.82, 2.24) is 9.80 Å². The van der Waals surface area contributed by atoms with Gasteiger partial charge >= 0.3 is 0 Å². The maximum Gasteiger partial charge on any atom is 0.238 e. The number of hydrogen-bond acceptors (Lipinski definition) is 6. The number of ether oxygens (including phenoxy) is 2. The second-order valence-corrected chi connectivity index (χ2v) is 6.54. The quantitative estimate of drug-likeness (QED) is 0.620. The molecule has 0 aliphatic carbocycles. The van der Waals surface area contributed by atoms with Crippen LogP contribution in [0.1, 0.15) is 33.1 Å². The third-order valence-corrected chi connectivity index (χ3v) is 4.34. The third kappa shape index (κ3) is 6.69. The monoisotopic (exact) mass is 443 g/mol. The van der Waals surface area contributed by atoms with Crippen LogP contribution in [-0.4, -0.2) is 79.7 Å². The summed E-state index contributed by atoms with van der Waals surface area (Å²) in [6.45, 7) is -13.5. The van der Waals surface area contributed by atoms with Crippen molar-refractivity contribution in [2.45, 2.75) is 19.8 Å². The minimum Gasteiger partial charge on any atom is -0.493 e. The topological polar surface area (TPSA) is 74.3 Å². The van der Waals surface area contributed by atoms with E-state index in [1.54, 1.807) is 0 Å². The van der Waals surface area contributed by atoms with E-state index in [-0.39, 0.29) is 37.7 Å². The summed E-state index contributed by atoms with van der Waals surface area (Å²) in [5.41, 5.74) is -3.04. The molecule has 1 saturated heterocycles. The van der Waals surface area contributed by atoms with Crippen LogP contribution in [0.2, 0.25) is 0 Å². The first-order valence-electron chi connectivity index (χ1n) is 17.3. The lowest BCUT2D eigenvalue weighted by Gasteiger charge is -2.35. The van der Waals surface area contributed by atoms with E-state index < -0.39 is 87.3 Å². The van der Waals surface area contributed by atoms with E-state index >= 15 is 0 Å². The van der Waals surface area contributed by atoms with Crippen molar-refractivity contribution >= 4 is 11.6 Å². The lowest BCUT2D eigenvalue weighted by Crippen LogP contribution is -2.50. The molecule has 1 aliphatic heterocycles. The summed E-state index contributed by atoms with van der Waals surface area (Å²) in [5, 5.41) is 12.6. The number of anilines is 1. The zero-order chi connectivity index (χ0) is 35.9.